The average Bonchev–Trinajstić information content (AvgIpc) is 3.24. The molecule has 174 valence electrons. The summed E-state index contributed by atoms with van der Waals surface area (Å²) in [5, 5.41) is 3.50. The lowest BCUT2D eigenvalue weighted by molar-refractivity contribution is -0.121. The lowest BCUT2D eigenvalue weighted by Crippen LogP contribution is -2.24. The first-order valence-electron chi connectivity index (χ1n) is 10.7. The summed E-state index contributed by atoms with van der Waals surface area (Å²) >= 11 is 6.40. The molecule has 2 atom stereocenters. The number of hydrogen-bond donors (Lipinski definition) is 3. The summed E-state index contributed by atoms with van der Waals surface area (Å²) in [5.74, 6) is -0.700. The minimum absolute atomic E-state index is 0.0585. The van der Waals surface area contributed by atoms with Crippen molar-refractivity contribution in [3.8, 4) is 11.1 Å². The minimum Gasteiger partial charge on any atom is -0.398 e. The van der Waals surface area contributed by atoms with Crippen LogP contribution in [0, 0.1) is 17.7 Å². The Morgan fingerprint density at radius 2 is 1.94 bits per heavy atom. The fraction of sp³-hybridized carbons (Fsp3) is 0.435. The summed E-state index contributed by atoms with van der Waals surface area (Å²) in [4.78, 5) is 29.2. The van der Waals surface area contributed by atoms with Crippen LogP contribution in [-0.4, -0.2) is 42.3 Å². The number of nitrogen functional groups attached to an aromatic ring is 1. The van der Waals surface area contributed by atoms with Crippen LogP contribution in [0.25, 0.3) is 11.1 Å². The van der Waals surface area contributed by atoms with Gasteiger partial charge in [-0.25, -0.2) is 9.37 Å². The van der Waals surface area contributed by atoms with Gasteiger partial charge in [0.15, 0.2) is 0 Å². The number of anilines is 2. The van der Waals surface area contributed by atoms with E-state index in [4.69, 9.17) is 23.1 Å². The molecule has 5 N–H and O–H groups in total. The van der Waals surface area contributed by atoms with Gasteiger partial charge in [0.05, 0.1) is 10.6 Å². The second-order valence-corrected chi connectivity index (χ2v) is 8.21. The molecular weight excluding hydrogens is 433 g/mol. The molecule has 2 aromatic rings. The van der Waals surface area contributed by atoms with Gasteiger partial charge in [0.1, 0.15) is 11.6 Å². The van der Waals surface area contributed by atoms with E-state index in [1.54, 1.807) is 6.07 Å². The molecule has 1 aliphatic rings. The molecule has 1 fully saturated rings. The van der Waals surface area contributed by atoms with Crippen LogP contribution >= 0.6 is 11.6 Å². The zero-order valence-electron chi connectivity index (χ0n) is 18.9. The van der Waals surface area contributed by atoms with E-state index in [9.17, 15) is 9.59 Å². The molecule has 1 aromatic heterocycles. The van der Waals surface area contributed by atoms with E-state index in [0.29, 0.717) is 28.9 Å². The van der Waals surface area contributed by atoms with Crippen molar-refractivity contribution in [2.45, 2.75) is 33.1 Å². The van der Waals surface area contributed by atoms with Crippen molar-refractivity contribution in [2.24, 2.45) is 17.6 Å². The SMILES string of the molecule is CC.CN(C)C(=O)c1c(N)ccc(-c2cnc(NCC3CCC(C(N)=O)C3)cc2Cl)c1F. The van der Waals surface area contributed by atoms with Crippen LogP contribution in [0.5, 0.6) is 0 Å². The van der Waals surface area contributed by atoms with E-state index in [1.165, 1.54) is 37.3 Å². The van der Waals surface area contributed by atoms with E-state index in [2.05, 4.69) is 10.3 Å². The van der Waals surface area contributed by atoms with E-state index >= 15 is 4.39 Å². The monoisotopic (exact) mass is 463 g/mol. The number of nitrogens with two attached hydrogens (primary N) is 2. The van der Waals surface area contributed by atoms with Crippen LogP contribution in [0.15, 0.2) is 24.4 Å². The molecule has 7 nitrogen and oxygen atoms in total. The van der Waals surface area contributed by atoms with Gasteiger partial charge in [-0.2, -0.15) is 0 Å². The first-order chi connectivity index (χ1) is 15.2. The summed E-state index contributed by atoms with van der Waals surface area (Å²) in [6, 6.07) is 4.57. The van der Waals surface area contributed by atoms with Gasteiger partial charge in [-0.3, -0.25) is 9.59 Å². The maximum absolute atomic E-state index is 15.1. The molecule has 2 unspecified atom stereocenters. The molecular formula is C23H31ClFN5O2. The second-order valence-electron chi connectivity index (χ2n) is 7.80. The number of primary amides is 1. The van der Waals surface area contributed by atoms with Crippen molar-refractivity contribution in [1.82, 2.24) is 9.88 Å². The Bertz CT molecular complexity index is 983. The summed E-state index contributed by atoms with van der Waals surface area (Å²) in [6.45, 7) is 4.64. The number of carbonyl (C=O) groups is 2. The molecule has 0 aliphatic heterocycles. The molecule has 0 bridgehead atoms. The van der Waals surface area contributed by atoms with Gasteiger partial charge >= 0.3 is 0 Å². The summed E-state index contributed by atoms with van der Waals surface area (Å²) in [6.07, 6.45) is 3.95. The molecule has 9 heteroatoms. The van der Waals surface area contributed by atoms with Gasteiger partial charge in [0, 0.05) is 49.6 Å². The standard InChI is InChI=1S/C21H25ClFN5O2.C2H6/c1-28(2)21(30)18-16(24)6-5-13(19(18)23)14-10-27-17(8-15(14)22)26-9-11-3-4-12(7-11)20(25)29;1-2/h5-6,8,10-12H,3-4,7,9,24H2,1-2H3,(H2,25,29)(H,26,27);1-2H3. The van der Waals surface area contributed by atoms with Crippen molar-refractivity contribution >= 4 is 34.9 Å². The van der Waals surface area contributed by atoms with Crippen molar-refractivity contribution < 1.29 is 14.0 Å². The Morgan fingerprint density at radius 3 is 2.50 bits per heavy atom. The van der Waals surface area contributed by atoms with Crippen LogP contribution < -0.4 is 16.8 Å². The molecule has 1 saturated carbocycles. The molecule has 2 amide bonds. The number of pyridine rings is 1. The number of nitrogens with zero attached hydrogens (tertiary/aromatic N) is 2. The molecule has 1 aromatic carbocycles. The predicted octanol–water partition coefficient (Wildman–Crippen LogP) is 4.16. The molecule has 32 heavy (non-hydrogen) atoms. The molecule has 0 radical (unpaired) electrons. The Kier molecular flexibility index (Phi) is 8.83. The van der Waals surface area contributed by atoms with Crippen molar-refractivity contribution in [1.29, 1.82) is 0 Å². The number of amides is 2. The van der Waals surface area contributed by atoms with Crippen LogP contribution in [0.4, 0.5) is 15.9 Å². The number of halogens is 2. The van der Waals surface area contributed by atoms with Crippen molar-refractivity contribution in [3.05, 3.63) is 40.8 Å². The van der Waals surface area contributed by atoms with Gasteiger partial charge < -0.3 is 21.7 Å². The number of aromatic nitrogens is 1. The van der Waals surface area contributed by atoms with E-state index < -0.39 is 11.7 Å². The first-order valence-corrected chi connectivity index (χ1v) is 11.1. The third-order valence-electron chi connectivity index (χ3n) is 5.45. The number of rotatable bonds is 6. The Labute approximate surface area is 193 Å². The molecule has 0 saturated heterocycles. The predicted molar refractivity (Wildman–Crippen MR) is 127 cm³/mol. The minimum atomic E-state index is -0.735. The number of hydrogen-bond acceptors (Lipinski definition) is 5. The van der Waals surface area contributed by atoms with Gasteiger partial charge in [-0.05, 0) is 43.4 Å². The topological polar surface area (TPSA) is 114 Å². The van der Waals surface area contributed by atoms with Crippen LogP contribution in [0.2, 0.25) is 5.02 Å². The summed E-state index contributed by atoms with van der Waals surface area (Å²) in [5.41, 5.74) is 11.6. The second kappa shape index (κ2) is 11.1. The van der Waals surface area contributed by atoms with E-state index in [-0.39, 0.29) is 28.6 Å². The van der Waals surface area contributed by atoms with Gasteiger partial charge in [0.2, 0.25) is 5.91 Å². The largest absolute Gasteiger partial charge is 0.398 e. The van der Waals surface area contributed by atoms with Crippen LogP contribution in [0.3, 0.4) is 0 Å². The maximum atomic E-state index is 15.1. The lowest BCUT2D eigenvalue weighted by atomic mass is 10.0. The van der Waals surface area contributed by atoms with Crippen molar-refractivity contribution in [3.63, 3.8) is 0 Å². The Balaban J connectivity index is 0.00000176. The number of nitrogens with one attached hydrogen (secondary N) is 1. The number of carbonyl (C=O) groups excluding carboxylic acids is 2. The smallest absolute Gasteiger partial charge is 0.258 e. The zero-order chi connectivity index (χ0) is 24.0. The highest BCUT2D eigenvalue weighted by atomic mass is 35.5. The fourth-order valence-electron chi connectivity index (χ4n) is 3.73. The van der Waals surface area contributed by atoms with Gasteiger partial charge in [-0.15, -0.1) is 0 Å². The summed E-state index contributed by atoms with van der Waals surface area (Å²) in [7, 11) is 3.05. The average molecular weight is 464 g/mol. The fourth-order valence-corrected chi connectivity index (χ4v) is 3.99. The molecule has 0 spiro atoms. The van der Waals surface area contributed by atoms with E-state index in [1.807, 2.05) is 13.8 Å². The highest BCUT2D eigenvalue weighted by molar-refractivity contribution is 6.33. The maximum Gasteiger partial charge on any atom is 0.258 e. The van der Waals surface area contributed by atoms with Gasteiger partial charge in [-0.1, -0.05) is 25.4 Å². The zero-order valence-corrected chi connectivity index (χ0v) is 19.7. The Morgan fingerprint density at radius 1 is 1.25 bits per heavy atom. The quantitative estimate of drug-likeness (QED) is 0.556. The highest BCUT2D eigenvalue weighted by Crippen LogP contribution is 2.35. The normalized spacial score (nSPS) is 17.3. The first kappa shape index (κ1) is 25.4. The molecule has 3 rings (SSSR count). The van der Waals surface area contributed by atoms with E-state index in [0.717, 1.165) is 19.3 Å². The lowest BCUT2D eigenvalue weighted by Gasteiger charge is -2.16. The molecule has 1 heterocycles. The van der Waals surface area contributed by atoms with Crippen molar-refractivity contribution in [2.75, 3.05) is 31.7 Å². The highest BCUT2D eigenvalue weighted by Gasteiger charge is 2.28. The third-order valence-corrected chi connectivity index (χ3v) is 5.77. The van der Waals surface area contributed by atoms with Gasteiger partial charge in [0.25, 0.3) is 5.91 Å². The summed E-state index contributed by atoms with van der Waals surface area (Å²) < 4.78 is 15.1. The molecule has 1 aliphatic carbocycles. The number of benzene rings is 1. The van der Waals surface area contributed by atoms with Crippen LogP contribution in [0.1, 0.15) is 43.5 Å². The third kappa shape index (κ3) is 5.68. The Hall–Kier alpha value is -2.87. The van der Waals surface area contributed by atoms with Crippen LogP contribution in [-0.2, 0) is 4.79 Å².